The quantitative estimate of drug-likeness (QED) is 0.233. The van der Waals surface area contributed by atoms with Gasteiger partial charge in [-0.05, 0) is 6.42 Å². The van der Waals surface area contributed by atoms with Gasteiger partial charge in [-0.2, -0.15) is 0 Å². The van der Waals surface area contributed by atoms with Crippen LogP contribution in [0.2, 0.25) is 0 Å². The first-order chi connectivity index (χ1) is 12.6. The van der Waals surface area contributed by atoms with Gasteiger partial charge in [0.15, 0.2) is 0 Å². The second-order valence-electron chi connectivity index (χ2n) is 7.90. The van der Waals surface area contributed by atoms with Gasteiger partial charge in [0.05, 0.1) is 12.7 Å². The molecule has 0 aliphatic carbocycles. The Morgan fingerprint density at radius 1 is 0.500 bits per heavy atom. The van der Waals surface area contributed by atoms with E-state index in [9.17, 15) is 15.3 Å². The molecule has 0 radical (unpaired) electrons. The van der Waals surface area contributed by atoms with Crippen LogP contribution in [0.25, 0.3) is 0 Å². The monoisotopic (exact) mass is 374 g/mol. The van der Waals surface area contributed by atoms with Crippen molar-refractivity contribution < 1.29 is 20.4 Å². The van der Waals surface area contributed by atoms with Crippen molar-refractivity contribution in [3.8, 4) is 0 Å². The summed E-state index contributed by atoms with van der Waals surface area (Å²) in [5.74, 6) is 0. The second-order valence-corrected chi connectivity index (χ2v) is 7.90. The van der Waals surface area contributed by atoms with Gasteiger partial charge in [-0.1, -0.05) is 110 Å². The Balaban J connectivity index is 3.20. The molecule has 26 heavy (non-hydrogen) atoms. The molecule has 0 spiro atoms. The van der Waals surface area contributed by atoms with Crippen molar-refractivity contribution in [1.82, 2.24) is 0 Å². The second kappa shape index (κ2) is 19.6. The van der Waals surface area contributed by atoms with E-state index < -0.39 is 24.9 Å². The summed E-state index contributed by atoms with van der Waals surface area (Å²) < 4.78 is 0. The van der Waals surface area contributed by atoms with Crippen molar-refractivity contribution in [2.24, 2.45) is 0 Å². The summed E-state index contributed by atoms with van der Waals surface area (Å²) >= 11 is 0. The zero-order valence-electron chi connectivity index (χ0n) is 17.2. The van der Waals surface area contributed by atoms with Crippen LogP contribution in [-0.2, 0) is 0 Å². The first-order valence-corrected chi connectivity index (χ1v) is 11.3. The topological polar surface area (TPSA) is 80.9 Å². The molecule has 0 rings (SSSR count). The van der Waals surface area contributed by atoms with E-state index in [1.807, 2.05) is 0 Å². The van der Waals surface area contributed by atoms with Gasteiger partial charge < -0.3 is 20.4 Å². The lowest BCUT2D eigenvalue weighted by atomic mass is 10.0. The Morgan fingerprint density at radius 3 is 1.19 bits per heavy atom. The van der Waals surface area contributed by atoms with Gasteiger partial charge >= 0.3 is 0 Å². The van der Waals surface area contributed by atoms with E-state index in [-0.39, 0.29) is 0 Å². The van der Waals surface area contributed by atoms with Crippen molar-refractivity contribution in [2.75, 3.05) is 6.61 Å². The summed E-state index contributed by atoms with van der Waals surface area (Å²) in [5, 5.41) is 37.3. The molecule has 0 heterocycles. The molecular weight excluding hydrogens is 328 g/mol. The molecule has 4 nitrogen and oxygen atoms in total. The third kappa shape index (κ3) is 16.0. The fourth-order valence-corrected chi connectivity index (χ4v) is 3.44. The molecule has 0 amide bonds. The van der Waals surface area contributed by atoms with Gasteiger partial charge in [0.1, 0.15) is 12.2 Å². The average molecular weight is 375 g/mol. The highest BCUT2D eigenvalue weighted by Gasteiger charge is 2.23. The molecule has 0 aromatic rings. The lowest BCUT2D eigenvalue weighted by molar-refractivity contribution is -0.0787. The molecule has 158 valence electrons. The highest BCUT2D eigenvalue weighted by Crippen LogP contribution is 2.15. The van der Waals surface area contributed by atoms with Crippen LogP contribution >= 0.6 is 0 Å². The maximum absolute atomic E-state index is 9.71. The third-order valence-electron chi connectivity index (χ3n) is 5.33. The number of hydrogen-bond donors (Lipinski definition) is 4. The van der Waals surface area contributed by atoms with Gasteiger partial charge in [-0.15, -0.1) is 0 Å². The maximum Gasteiger partial charge on any atom is 0.108 e. The van der Waals surface area contributed by atoms with E-state index in [2.05, 4.69) is 6.92 Å². The Bertz CT molecular complexity index is 273. The van der Waals surface area contributed by atoms with Gasteiger partial charge in [-0.25, -0.2) is 0 Å². The Labute approximate surface area is 162 Å². The molecule has 3 atom stereocenters. The van der Waals surface area contributed by atoms with E-state index in [4.69, 9.17) is 5.11 Å². The normalized spacial score (nSPS) is 15.1. The highest BCUT2D eigenvalue weighted by molar-refractivity contribution is 4.74. The third-order valence-corrected chi connectivity index (χ3v) is 5.33. The number of rotatable bonds is 20. The summed E-state index contributed by atoms with van der Waals surface area (Å²) in [6.07, 6.45) is 18.0. The summed E-state index contributed by atoms with van der Waals surface area (Å²) in [5.41, 5.74) is 0. The lowest BCUT2D eigenvalue weighted by Gasteiger charge is -2.21. The van der Waals surface area contributed by atoms with Gasteiger partial charge in [0.2, 0.25) is 0 Å². The first kappa shape index (κ1) is 25.8. The molecule has 0 aliphatic heterocycles. The molecule has 4 N–H and O–H groups in total. The van der Waals surface area contributed by atoms with Crippen LogP contribution in [0.5, 0.6) is 0 Å². The molecule has 0 aromatic heterocycles. The van der Waals surface area contributed by atoms with E-state index in [0.717, 1.165) is 12.8 Å². The largest absolute Gasteiger partial charge is 0.394 e. The zero-order chi connectivity index (χ0) is 19.5. The average Bonchev–Trinajstić information content (AvgIpc) is 2.66. The lowest BCUT2D eigenvalue weighted by Crippen LogP contribution is -2.39. The number of hydrogen-bond acceptors (Lipinski definition) is 4. The minimum absolute atomic E-state index is 0.483. The fraction of sp³-hybridized carbons (Fsp3) is 1.00. The van der Waals surface area contributed by atoms with Gasteiger partial charge in [0, 0.05) is 0 Å². The van der Waals surface area contributed by atoms with Crippen molar-refractivity contribution in [3.05, 3.63) is 0 Å². The van der Waals surface area contributed by atoms with Crippen LogP contribution in [0, 0.1) is 0 Å². The first-order valence-electron chi connectivity index (χ1n) is 11.3. The van der Waals surface area contributed by atoms with Crippen LogP contribution in [0.3, 0.4) is 0 Å². The van der Waals surface area contributed by atoms with Crippen molar-refractivity contribution >= 4 is 0 Å². The summed E-state index contributed by atoms with van der Waals surface area (Å²) in [4.78, 5) is 0. The summed E-state index contributed by atoms with van der Waals surface area (Å²) in [7, 11) is 0. The molecule has 4 heteroatoms. The van der Waals surface area contributed by atoms with Crippen molar-refractivity contribution in [1.29, 1.82) is 0 Å². The summed E-state index contributed by atoms with van der Waals surface area (Å²) in [6, 6.07) is 0. The Morgan fingerprint density at radius 2 is 0.846 bits per heavy atom. The maximum atomic E-state index is 9.71. The van der Waals surface area contributed by atoms with E-state index in [1.54, 1.807) is 0 Å². The van der Waals surface area contributed by atoms with E-state index >= 15 is 0 Å². The molecule has 0 bridgehead atoms. The van der Waals surface area contributed by atoms with Crippen LogP contribution in [0.4, 0.5) is 0 Å². The zero-order valence-corrected chi connectivity index (χ0v) is 17.2. The fourth-order valence-electron chi connectivity index (χ4n) is 3.44. The smallest absolute Gasteiger partial charge is 0.108 e. The molecule has 0 fully saturated rings. The number of aliphatic hydroxyl groups excluding tert-OH is 4. The molecule has 0 aromatic carbocycles. The molecular formula is C22H46O4. The molecule has 0 aliphatic rings. The van der Waals surface area contributed by atoms with Gasteiger partial charge in [-0.3, -0.25) is 0 Å². The Kier molecular flexibility index (Phi) is 19.5. The number of aliphatic hydroxyl groups is 4. The Hall–Kier alpha value is -0.160. The van der Waals surface area contributed by atoms with Crippen molar-refractivity contribution in [2.45, 2.75) is 134 Å². The summed E-state index contributed by atoms with van der Waals surface area (Å²) in [6.45, 7) is 1.75. The molecule has 3 unspecified atom stereocenters. The predicted octanol–water partition coefficient (Wildman–Crippen LogP) is 4.71. The molecule has 0 saturated heterocycles. The van der Waals surface area contributed by atoms with Gasteiger partial charge in [0.25, 0.3) is 0 Å². The molecule has 0 saturated carbocycles. The van der Waals surface area contributed by atoms with E-state index in [1.165, 1.54) is 89.9 Å². The van der Waals surface area contributed by atoms with E-state index in [0.29, 0.717) is 6.42 Å². The number of unbranched alkanes of at least 4 members (excludes halogenated alkanes) is 15. The SMILES string of the molecule is CCCCCCCCCCCCCCCCCCC(O)C(O)C(O)CO. The van der Waals surface area contributed by atoms with Crippen LogP contribution in [0.15, 0.2) is 0 Å². The van der Waals surface area contributed by atoms with Crippen molar-refractivity contribution in [3.63, 3.8) is 0 Å². The van der Waals surface area contributed by atoms with Crippen LogP contribution in [-0.4, -0.2) is 45.3 Å². The highest BCUT2D eigenvalue weighted by atomic mass is 16.4. The predicted molar refractivity (Wildman–Crippen MR) is 109 cm³/mol. The minimum Gasteiger partial charge on any atom is -0.394 e. The van der Waals surface area contributed by atoms with Crippen LogP contribution in [0.1, 0.15) is 116 Å². The standard InChI is InChI=1S/C22H46O4/c1-2-3-4-5-6-7-8-9-10-11-12-13-14-15-16-17-18-20(24)22(26)21(25)19-23/h20-26H,2-19H2,1H3. The minimum atomic E-state index is -1.24. The van der Waals surface area contributed by atoms with Crippen LogP contribution < -0.4 is 0 Å².